The van der Waals surface area contributed by atoms with Crippen LogP contribution in [0.1, 0.15) is 5.69 Å². The van der Waals surface area contributed by atoms with Gasteiger partial charge in [0, 0.05) is 6.07 Å². The van der Waals surface area contributed by atoms with Crippen LogP contribution in [0.5, 0.6) is 0 Å². The van der Waals surface area contributed by atoms with Gasteiger partial charge in [-0.1, -0.05) is 6.07 Å². The first-order valence-corrected chi connectivity index (χ1v) is 9.12. The lowest BCUT2D eigenvalue weighted by atomic mass is 10.3. The summed E-state index contributed by atoms with van der Waals surface area (Å²) < 4.78 is 20.7. The minimum atomic E-state index is -0.721. The topological polar surface area (TPSA) is 95.0 Å². The maximum absolute atomic E-state index is 13.2. The Balaban J connectivity index is 1.54. The Kier molecular flexibility index (Phi) is 4.62. The van der Waals surface area contributed by atoms with Crippen LogP contribution in [0, 0.1) is 12.7 Å². The number of anilines is 1. The summed E-state index contributed by atoms with van der Waals surface area (Å²) in [5.41, 5.74) is 1.25. The maximum atomic E-state index is 13.2. The Morgan fingerprint density at radius 2 is 2.04 bits per heavy atom. The molecule has 0 saturated carbocycles. The monoisotopic (exact) mass is 399 g/mol. The van der Waals surface area contributed by atoms with E-state index in [2.05, 4.69) is 15.5 Å². The number of nitrogens with one attached hydrogen (secondary N) is 1. The van der Waals surface area contributed by atoms with E-state index in [1.54, 1.807) is 31.2 Å². The summed E-state index contributed by atoms with van der Waals surface area (Å²) in [6.07, 6.45) is 0. The molecule has 8 nitrogen and oxygen atoms in total. The van der Waals surface area contributed by atoms with Gasteiger partial charge in [0.2, 0.25) is 5.91 Å². The standard InChI is InChI=1S/C18H14FN5O3S/c1-11-9-15(24(21-11)13-6-4-12(19)5-7-13)20-16(25)10-23-18(26)27-17(22-23)14-3-2-8-28-14/h2-9H,10H2,1H3,(H,20,25). The molecule has 0 fully saturated rings. The number of carbonyl (C=O) groups excluding carboxylic acids is 1. The van der Waals surface area contributed by atoms with E-state index in [9.17, 15) is 14.0 Å². The summed E-state index contributed by atoms with van der Waals surface area (Å²) >= 11 is 1.38. The molecule has 0 aliphatic heterocycles. The first kappa shape index (κ1) is 17.9. The average molecular weight is 399 g/mol. The van der Waals surface area contributed by atoms with Crippen LogP contribution in [0.25, 0.3) is 16.5 Å². The number of amides is 1. The van der Waals surface area contributed by atoms with Crippen LogP contribution >= 0.6 is 11.3 Å². The predicted octanol–water partition coefficient (Wildman–Crippen LogP) is 2.84. The quantitative estimate of drug-likeness (QED) is 0.557. The summed E-state index contributed by atoms with van der Waals surface area (Å²) in [6.45, 7) is 1.45. The van der Waals surface area contributed by atoms with Crippen molar-refractivity contribution in [3.63, 3.8) is 0 Å². The number of carbonyl (C=O) groups is 1. The van der Waals surface area contributed by atoms with Crippen molar-refractivity contribution in [1.82, 2.24) is 19.6 Å². The van der Waals surface area contributed by atoms with E-state index in [0.29, 0.717) is 22.1 Å². The third-order valence-corrected chi connectivity index (χ3v) is 4.66. The summed E-state index contributed by atoms with van der Waals surface area (Å²) in [5, 5.41) is 12.9. The Bertz CT molecular complexity index is 1180. The number of rotatable bonds is 5. The zero-order valence-corrected chi connectivity index (χ0v) is 15.4. The molecule has 0 aliphatic carbocycles. The second-order valence-corrected chi connectivity index (χ2v) is 6.86. The van der Waals surface area contributed by atoms with Crippen LogP contribution in [0.15, 0.2) is 57.1 Å². The van der Waals surface area contributed by atoms with Gasteiger partial charge in [-0.25, -0.2) is 13.9 Å². The van der Waals surface area contributed by atoms with Gasteiger partial charge in [-0.15, -0.1) is 16.4 Å². The number of benzene rings is 1. The van der Waals surface area contributed by atoms with Gasteiger partial charge >= 0.3 is 5.76 Å². The zero-order valence-electron chi connectivity index (χ0n) is 14.6. The molecule has 4 rings (SSSR count). The van der Waals surface area contributed by atoms with Crippen molar-refractivity contribution in [2.45, 2.75) is 13.5 Å². The average Bonchev–Trinajstić information content (AvgIpc) is 3.37. The van der Waals surface area contributed by atoms with Crippen LogP contribution in [-0.2, 0) is 11.3 Å². The largest absolute Gasteiger partial charge is 0.437 e. The van der Waals surface area contributed by atoms with E-state index in [-0.39, 0.29) is 18.3 Å². The van der Waals surface area contributed by atoms with Crippen molar-refractivity contribution in [2.75, 3.05) is 5.32 Å². The smallest absolute Gasteiger partial charge is 0.387 e. The molecule has 0 saturated heterocycles. The molecule has 0 radical (unpaired) electrons. The predicted molar refractivity (Wildman–Crippen MR) is 101 cm³/mol. The summed E-state index contributed by atoms with van der Waals surface area (Å²) in [6, 6.07) is 11.0. The lowest BCUT2D eigenvalue weighted by Gasteiger charge is -2.08. The van der Waals surface area contributed by atoms with Gasteiger partial charge < -0.3 is 9.73 Å². The summed E-state index contributed by atoms with van der Waals surface area (Å²) in [4.78, 5) is 25.1. The van der Waals surface area contributed by atoms with Gasteiger partial charge in [0.25, 0.3) is 5.89 Å². The van der Waals surface area contributed by atoms with Gasteiger partial charge in [-0.05, 0) is 42.6 Å². The van der Waals surface area contributed by atoms with Gasteiger partial charge in [-0.3, -0.25) is 4.79 Å². The maximum Gasteiger partial charge on any atom is 0.437 e. The molecule has 0 unspecified atom stereocenters. The molecule has 0 atom stereocenters. The molecule has 1 N–H and O–H groups in total. The Morgan fingerprint density at radius 1 is 1.25 bits per heavy atom. The molecule has 0 spiro atoms. The van der Waals surface area contributed by atoms with Crippen LogP contribution in [0.3, 0.4) is 0 Å². The minimum Gasteiger partial charge on any atom is -0.387 e. The Labute approximate surface area is 161 Å². The van der Waals surface area contributed by atoms with E-state index < -0.39 is 11.7 Å². The van der Waals surface area contributed by atoms with Crippen molar-refractivity contribution in [2.24, 2.45) is 0 Å². The molecular weight excluding hydrogens is 385 g/mol. The number of hydrogen-bond donors (Lipinski definition) is 1. The molecule has 3 aromatic heterocycles. The van der Waals surface area contributed by atoms with Crippen LogP contribution in [0.2, 0.25) is 0 Å². The van der Waals surface area contributed by atoms with E-state index in [4.69, 9.17) is 4.42 Å². The molecule has 28 heavy (non-hydrogen) atoms. The third-order valence-electron chi connectivity index (χ3n) is 3.80. The van der Waals surface area contributed by atoms with Gasteiger partial charge in [0.05, 0.1) is 16.3 Å². The lowest BCUT2D eigenvalue weighted by Crippen LogP contribution is -2.26. The molecule has 3 heterocycles. The number of hydrogen-bond acceptors (Lipinski definition) is 6. The highest BCUT2D eigenvalue weighted by Gasteiger charge is 2.16. The second kappa shape index (κ2) is 7.24. The van der Waals surface area contributed by atoms with Crippen LogP contribution in [-0.4, -0.2) is 25.5 Å². The summed E-state index contributed by atoms with van der Waals surface area (Å²) in [5.74, 6) is -1.01. The van der Waals surface area contributed by atoms with Crippen LogP contribution in [0.4, 0.5) is 10.2 Å². The lowest BCUT2D eigenvalue weighted by molar-refractivity contribution is -0.117. The van der Waals surface area contributed by atoms with Crippen molar-refractivity contribution in [1.29, 1.82) is 0 Å². The van der Waals surface area contributed by atoms with Crippen molar-refractivity contribution in [3.8, 4) is 16.5 Å². The van der Waals surface area contributed by atoms with Gasteiger partial charge in [-0.2, -0.15) is 9.78 Å². The van der Waals surface area contributed by atoms with Crippen LogP contribution < -0.4 is 11.1 Å². The van der Waals surface area contributed by atoms with Crippen molar-refractivity contribution < 1.29 is 13.6 Å². The second-order valence-electron chi connectivity index (χ2n) is 5.92. The van der Waals surface area contributed by atoms with E-state index in [1.807, 2.05) is 11.4 Å². The van der Waals surface area contributed by atoms with Gasteiger partial charge in [0.15, 0.2) is 0 Å². The van der Waals surface area contributed by atoms with Crippen molar-refractivity contribution >= 4 is 23.1 Å². The molecule has 1 aromatic carbocycles. The highest BCUT2D eigenvalue weighted by Crippen LogP contribution is 2.21. The molecule has 142 valence electrons. The van der Waals surface area contributed by atoms with E-state index in [0.717, 1.165) is 4.68 Å². The zero-order chi connectivity index (χ0) is 19.7. The fraction of sp³-hybridized carbons (Fsp3) is 0.111. The number of halogens is 1. The fourth-order valence-corrected chi connectivity index (χ4v) is 3.24. The number of aryl methyl sites for hydroxylation is 1. The molecule has 0 bridgehead atoms. The van der Waals surface area contributed by atoms with Gasteiger partial charge in [0.1, 0.15) is 18.2 Å². The van der Waals surface area contributed by atoms with E-state index >= 15 is 0 Å². The van der Waals surface area contributed by atoms with E-state index in [1.165, 1.54) is 28.2 Å². The normalized spacial score (nSPS) is 10.9. The van der Waals surface area contributed by atoms with Crippen molar-refractivity contribution in [3.05, 3.63) is 69.9 Å². The highest BCUT2D eigenvalue weighted by molar-refractivity contribution is 7.13. The highest BCUT2D eigenvalue weighted by atomic mass is 32.1. The molecular formula is C18H14FN5O3S. The number of aromatic nitrogens is 4. The molecule has 10 heteroatoms. The first-order valence-electron chi connectivity index (χ1n) is 8.24. The number of thiophene rings is 1. The molecule has 1 amide bonds. The summed E-state index contributed by atoms with van der Waals surface area (Å²) in [7, 11) is 0. The third kappa shape index (κ3) is 3.62. The molecule has 4 aromatic rings. The Hall–Kier alpha value is -3.53. The number of nitrogens with zero attached hydrogens (tertiary/aromatic N) is 4. The Morgan fingerprint density at radius 3 is 2.75 bits per heavy atom. The fourth-order valence-electron chi connectivity index (χ4n) is 2.59. The minimum absolute atomic E-state index is 0.167. The SMILES string of the molecule is Cc1cc(NC(=O)Cn2nc(-c3cccs3)oc2=O)n(-c2ccc(F)cc2)n1. The molecule has 0 aliphatic rings. The first-order chi connectivity index (χ1) is 13.5.